The van der Waals surface area contributed by atoms with E-state index in [1.165, 1.54) is 6.08 Å². The molecule has 2 aliphatic rings. The van der Waals surface area contributed by atoms with Crippen LogP contribution in [-0.4, -0.2) is 50.7 Å². The number of likely N-dealkylation sites (tertiary alicyclic amines) is 1. The monoisotopic (exact) mass is 382 g/mol. The molecule has 9 nitrogen and oxygen atoms in total. The molecule has 4 heterocycles. The molecule has 1 atom stereocenters. The highest BCUT2D eigenvalue weighted by atomic mass is 16.5. The lowest BCUT2D eigenvalue weighted by Crippen LogP contribution is -2.41. The SMILES string of the molecule is NC(=O)C1CCCN(C2=C(C(=O)O)C(=O)/C(=C/c3c[nH]c4ncccc34)O2)C1. The van der Waals surface area contributed by atoms with Gasteiger partial charge in [0.2, 0.25) is 17.6 Å². The van der Waals surface area contributed by atoms with Gasteiger partial charge in [-0.3, -0.25) is 9.59 Å². The zero-order valence-corrected chi connectivity index (χ0v) is 14.8. The zero-order valence-electron chi connectivity index (χ0n) is 14.8. The Morgan fingerprint density at radius 3 is 3.00 bits per heavy atom. The van der Waals surface area contributed by atoms with Gasteiger partial charge in [0.05, 0.1) is 5.92 Å². The number of primary amides is 1. The predicted octanol–water partition coefficient (Wildman–Crippen LogP) is 0.997. The Labute approximate surface area is 159 Å². The van der Waals surface area contributed by atoms with Gasteiger partial charge in [-0.25, -0.2) is 9.78 Å². The van der Waals surface area contributed by atoms with Crippen LogP contribution < -0.4 is 5.73 Å². The number of fused-ring (bicyclic) bond motifs is 1. The standard InChI is InChI=1S/C19H18N4O5/c20-16(25)10-3-2-6-23(9-10)18-14(19(26)27)15(24)13(28-18)7-11-8-22-17-12(11)4-1-5-21-17/h1,4-5,7-8,10H,2-3,6,9H2,(H2,20,25)(H,21,22)(H,26,27)/b13-7-. The number of nitrogens with zero attached hydrogens (tertiary/aromatic N) is 2. The summed E-state index contributed by atoms with van der Waals surface area (Å²) in [6, 6.07) is 3.60. The van der Waals surface area contributed by atoms with E-state index in [0.29, 0.717) is 30.6 Å². The molecule has 9 heteroatoms. The normalized spacial score (nSPS) is 21.4. The lowest BCUT2D eigenvalue weighted by atomic mass is 9.97. The van der Waals surface area contributed by atoms with Crippen LogP contribution in [0.5, 0.6) is 0 Å². The average Bonchev–Trinajstić information content (AvgIpc) is 3.24. The van der Waals surface area contributed by atoms with Crippen LogP contribution in [0, 0.1) is 5.92 Å². The molecule has 28 heavy (non-hydrogen) atoms. The van der Waals surface area contributed by atoms with Crippen molar-refractivity contribution >= 4 is 34.8 Å². The van der Waals surface area contributed by atoms with Crippen LogP contribution in [0.4, 0.5) is 0 Å². The molecule has 1 amide bonds. The molecule has 0 aromatic carbocycles. The third kappa shape index (κ3) is 3.00. The number of piperidine rings is 1. The van der Waals surface area contributed by atoms with Crippen LogP contribution in [0.1, 0.15) is 18.4 Å². The third-order valence-corrected chi connectivity index (χ3v) is 4.97. The summed E-state index contributed by atoms with van der Waals surface area (Å²) in [5.41, 5.74) is 6.26. The molecule has 4 N–H and O–H groups in total. The highest BCUT2D eigenvalue weighted by Gasteiger charge is 2.40. The van der Waals surface area contributed by atoms with Gasteiger partial charge in [-0.2, -0.15) is 0 Å². The number of Topliss-reactive ketones (excluding diaryl/α,β-unsaturated/α-hetero) is 1. The minimum absolute atomic E-state index is 0.0346. The van der Waals surface area contributed by atoms with Crippen LogP contribution in [0.2, 0.25) is 0 Å². The molecule has 2 aromatic rings. The van der Waals surface area contributed by atoms with E-state index in [4.69, 9.17) is 10.5 Å². The van der Waals surface area contributed by atoms with Crippen molar-refractivity contribution in [3.63, 3.8) is 0 Å². The topological polar surface area (TPSA) is 139 Å². The van der Waals surface area contributed by atoms with Crippen molar-refractivity contribution in [2.75, 3.05) is 13.1 Å². The Bertz CT molecular complexity index is 1050. The number of ketones is 1. The Morgan fingerprint density at radius 2 is 2.25 bits per heavy atom. The minimum atomic E-state index is -1.37. The summed E-state index contributed by atoms with van der Waals surface area (Å²) >= 11 is 0. The second kappa shape index (κ2) is 6.84. The van der Waals surface area contributed by atoms with Gasteiger partial charge >= 0.3 is 5.97 Å². The fourth-order valence-corrected chi connectivity index (χ4v) is 3.56. The summed E-state index contributed by atoms with van der Waals surface area (Å²) in [4.78, 5) is 44.7. The lowest BCUT2D eigenvalue weighted by Gasteiger charge is -2.32. The first kappa shape index (κ1) is 17.8. The van der Waals surface area contributed by atoms with E-state index in [0.717, 1.165) is 5.39 Å². The Kier molecular flexibility index (Phi) is 4.34. The molecule has 4 rings (SSSR count). The number of carbonyl (C=O) groups is 3. The summed E-state index contributed by atoms with van der Waals surface area (Å²) in [7, 11) is 0. The maximum atomic E-state index is 12.7. The minimum Gasteiger partial charge on any atom is -0.477 e. The van der Waals surface area contributed by atoms with Crippen molar-refractivity contribution < 1.29 is 24.2 Å². The smallest absolute Gasteiger partial charge is 0.345 e. The maximum absolute atomic E-state index is 12.7. The van der Waals surface area contributed by atoms with Crippen LogP contribution in [-0.2, 0) is 19.1 Å². The summed E-state index contributed by atoms with van der Waals surface area (Å²) in [5, 5.41) is 10.3. The first-order valence-corrected chi connectivity index (χ1v) is 8.84. The van der Waals surface area contributed by atoms with Crippen LogP contribution >= 0.6 is 0 Å². The third-order valence-electron chi connectivity index (χ3n) is 4.97. The van der Waals surface area contributed by atoms with E-state index in [-0.39, 0.29) is 18.2 Å². The lowest BCUT2D eigenvalue weighted by molar-refractivity contribution is -0.134. The molecule has 2 aliphatic heterocycles. The number of nitrogens with one attached hydrogen (secondary N) is 1. The first-order chi connectivity index (χ1) is 13.5. The molecule has 2 aromatic heterocycles. The second-order valence-corrected chi connectivity index (χ2v) is 6.76. The molecule has 0 bridgehead atoms. The molecule has 144 valence electrons. The van der Waals surface area contributed by atoms with E-state index in [2.05, 4.69) is 9.97 Å². The fourth-order valence-electron chi connectivity index (χ4n) is 3.56. The number of hydrogen-bond acceptors (Lipinski definition) is 6. The summed E-state index contributed by atoms with van der Waals surface area (Å²) in [5.74, 6) is -3.06. The number of amides is 1. The van der Waals surface area contributed by atoms with Crippen molar-refractivity contribution in [1.82, 2.24) is 14.9 Å². The van der Waals surface area contributed by atoms with Gasteiger partial charge in [-0.05, 0) is 31.1 Å². The van der Waals surface area contributed by atoms with Crippen LogP contribution in [0.15, 0.2) is 41.7 Å². The van der Waals surface area contributed by atoms with Crippen LogP contribution in [0.3, 0.4) is 0 Å². The molecule has 1 fully saturated rings. The zero-order chi connectivity index (χ0) is 19.8. The number of carboxylic acid groups (broad SMARTS) is 1. The number of H-pyrrole nitrogens is 1. The molecule has 0 radical (unpaired) electrons. The number of hydrogen-bond donors (Lipinski definition) is 3. The van der Waals surface area contributed by atoms with Gasteiger partial charge in [-0.1, -0.05) is 0 Å². The van der Waals surface area contributed by atoms with Crippen LogP contribution in [0.25, 0.3) is 17.1 Å². The number of carbonyl (C=O) groups excluding carboxylic acids is 2. The highest BCUT2D eigenvalue weighted by molar-refractivity contribution is 6.26. The molecule has 0 spiro atoms. The molecule has 1 saturated heterocycles. The number of ether oxygens (including phenoxy) is 1. The van der Waals surface area contributed by atoms with E-state index in [9.17, 15) is 19.5 Å². The van der Waals surface area contributed by atoms with Crippen molar-refractivity contribution in [3.05, 3.63) is 47.3 Å². The number of aromatic amines is 1. The van der Waals surface area contributed by atoms with E-state index in [1.807, 2.05) is 6.07 Å². The fraction of sp³-hybridized carbons (Fsp3) is 0.263. The van der Waals surface area contributed by atoms with Gasteiger partial charge in [0.1, 0.15) is 5.65 Å². The molecule has 1 unspecified atom stereocenters. The van der Waals surface area contributed by atoms with Gasteiger partial charge in [0.25, 0.3) is 0 Å². The highest BCUT2D eigenvalue weighted by Crippen LogP contribution is 2.32. The maximum Gasteiger partial charge on any atom is 0.345 e. The molecule has 0 saturated carbocycles. The summed E-state index contributed by atoms with van der Waals surface area (Å²) in [6.07, 6.45) is 6.08. The number of allylic oxidation sites excluding steroid dienone is 1. The van der Waals surface area contributed by atoms with Gasteiger partial charge in [0, 0.05) is 36.4 Å². The summed E-state index contributed by atoms with van der Waals surface area (Å²) in [6.45, 7) is 0.701. The van der Waals surface area contributed by atoms with Gasteiger partial charge in [-0.15, -0.1) is 0 Å². The van der Waals surface area contributed by atoms with Crippen molar-refractivity contribution in [2.24, 2.45) is 11.7 Å². The Morgan fingerprint density at radius 1 is 1.43 bits per heavy atom. The van der Waals surface area contributed by atoms with Gasteiger partial charge in [0.15, 0.2) is 11.3 Å². The quantitative estimate of drug-likeness (QED) is 0.529. The van der Waals surface area contributed by atoms with E-state index < -0.39 is 29.2 Å². The first-order valence-electron chi connectivity index (χ1n) is 8.84. The molecule has 0 aliphatic carbocycles. The number of nitrogens with two attached hydrogens (primary N) is 1. The number of aromatic nitrogens is 2. The predicted molar refractivity (Wildman–Crippen MR) is 98.3 cm³/mol. The van der Waals surface area contributed by atoms with E-state index >= 15 is 0 Å². The van der Waals surface area contributed by atoms with Crippen molar-refractivity contribution in [2.45, 2.75) is 12.8 Å². The summed E-state index contributed by atoms with van der Waals surface area (Å²) < 4.78 is 5.69. The molecular formula is C19H18N4O5. The largest absolute Gasteiger partial charge is 0.477 e. The average molecular weight is 382 g/mol. The number of rotatable bonds is 4. The number of pyridine rings is 1. The molecular weight excluding hydrogens is 364 g/mol. The van der Waals surface area contributed by atoms with Crippen molar-refractivity contribution in [3.8, 4) is 0 Å². The number of aliphatic carboxylic acids is 1. The van der Waals surface area contributed by atoms with Gasteiger partial charge < -0.3 is 25.5 Å². The Hall–Kier alpha value is -3.62. The van der Waals surface area contributed by atoms with Crippen molar-refractivity contribution in [1.29, 1.82) is 0 Å². The second-order valence-electron chi connectivity index (χ2n) is 6.76. The number of carboxylic acids is 1. The Balaban J connectivity index is 1.68. The van der Waals surface area contributed by atoms with E-state index in [1.54, 1.807) is 23.4 Å².